The Kier molecular flexibility index (Phi) is 3.85. The first kappa shape index (κ1) is 11.8. The molecule has 2 rings (SSSR count). The van der Waals surface area contributed by atoms with Crippen molar-refractivity contribution in [1.82, 2.24) is 9.97 Å². The molecule has 0 radical (unpaired) electrons. The molecule has 0 unspecified atom stereocenters. The van der Waals surface area contributed by atoms with Gasteiger partial charge in [0.05, 0.1) is 19.3 Å². The Hall–Kier alpha value is -1.71. The number of morpholine rings is 1. The van der Waals surface area contributed by atoms with Crippen LogP contribution in [0.4, 0.5) is 5.82 Å². The topological polar surface area (TPSA) is 71.3 Å². The molecule has 0 amide bonds. The predicted molar refractivity (Wildman–Crippen MR) is 60.6 cm³/mol. The standard InChI is InChI=1S/C11H14N4O2/c1-16-8-9-7-15(4-5-17-9)11-10(6-12)13-2-3-14-11/h2-3,9H,4-5,7-8H2,1H3/t9-/m0/s1. The average Bonchev–Trinajstić information content (AvgIpc) is 2.39. The molecule has 0 aromatic carbocycles. The molecule has 1 aromatic heterocycles. The Balaban J connectivity index is 2.14. The summed E-state index contributed by atoms with van der Waals surface area (Å²) in [6.07, 6.45) is 3.13. The van der Waals surface area contributed by atoms with Crippen LogP contribution in [-0.4, -0.2) is 49.5 Å². The highest BCUT2D eigenvalue weighted by atomic mass is 16.5. The summed E-state index contributed by atoms with van der Waals surface area (Å²) in [6, 6.07) is 2.05. The maximum Gasteiger partial charge on any atom is 0.183 e. The van der Waals surface area contributed by atoms with Gasteiger partial charge < -0.3 is 14.4 Å². The first-order valence-electron chi connectivity index (χ1n) is 5.41. The molecule has 1 aliphatic rings. The third-order valence-electron chi connectivity index (χ3n) is 2.58. The average molecular weight is 234 g/mol. The monoisotopic (exact) mass is 234 g/mol. The van der Waals surface area contributed by atoms with Gasteiger partial charge in [0.1, 0.15) is 6.07 Å². The first-order chi connectivity index (χ1) is 8.35. The summed E-state index contributed by atoms with van der Waals surface area (Å²) in [5.41, 5.74) is 0.352. The molecule has 1 fully saturated rings. The number of nitriles is 1. The van der Waals surface area contributed by atoms with Crippen LogP contribution < -0.4 is 4.90 Å². The summed E-state index contributed by atoms with van der Waals surface area (Å²) in [4.78, 5) is 10.2. The summed E-state index contributed by atoms with van der Waals surface area (Å²) in [5, 5.41) is 8.98. The van der Waals surface area contributed by atoms with Crippen molar-refractivity contribution in [2.24, 2.45) is 0 Å². The molecule has 1 saturated heterocycles. The van der Waals surface area contributed by atoms with Crippen molar-refractivity contribution < 1.29 is 9.47 Å². The number of hydrogen-bond donors (Lipinski definition) is 0. The van der Waals surface area contributed by atoms with Gasteiger partial charge in [-0.2, -0.15) is 5.26 Å². The number of hydrogen-bond acceptors (Lipinski definition) is 6. The zero-order chi connectivity index (χ0) is 12.1. The SMILES string of the molecule is COC[C@@H]1CN(c2nccnc2C#N)CCO1. The van der Waals surface area contributed by atoms with E-state index in [1.165, 1.54) is 6.20 Å². The van der Waals surface area contributed by atoms with Gasteiger partial charge in [0.2, 0.25) is 0 Å². The van der Waals surface area contributed by atoms with E-state index in [4.69, 9.17) is 14.7 Å². The van der Waals surface area contributed by atoms with Crippen LogP contribution in [0.15, 0.2) is 12.4 Å². The van der Waals surface area contributed by atoms with Crippen LogP contribution in [0.2, 0.25) is 0 Å². The quantitative estimate of drug-likeness (QED) is 0.744. The van der Waals surface area contributed by atoms with Gasteiger partial charge in [-0.15, -0.1) is 0 Å². The van der Waals surface area contributed by atoms with Crippen LogP contribution in [0, 0.1) is 11.3 Å². The zero-order valence-corrected chi connectivity index (χ0v) is 9.67. The third-order valence-corrected chi connectivity index (χ3v) is 2.58. The van der Waals surface area contributed by atoms with Crippen LogP contribution >= 0.6 is 0 Å². The Morgan fingerprint density at radius 1 is 1.59 bits per heavy atom. The Morgan fingerprint density at radius 3 is 3.18 bits per heavy atom. The molecule has 1 atom stereocenters. The first-order valence-corrected chi connectivity index (χ1v) is 5.41. The molecule has 1 aliphatic heterocycles. The number of ether oxygens (including phenoxy) is 2. The van der Waals surface area contributed by atoms with Gasteiger partial charge in [0.25, 0.3) is 0 Å². The van der Waals surface area contributed by atoms with E-state index in [2.05, 4.69) is 16.0 Å². The van der Waals surface area contributed by atoms with Crippen molar-refractivity contribution in [3.63, 3.8) is 0 Å². The Morgan fingerprint density at radius 2 is 2.41 bits per heavy atom. The Labute approximate surface area is 99.8 Å². The zero-order valence-electron chi connectivity index (χ0n) is 9.67. The molecule has 1 aromatic rings. The lowest BCUT2D eigenvalue weighted by Gasteiger charge is -2.33. The lowest BCUT2D eigenvalue weighted by Crippen LogP contribution is -2.45. The van der Waals surface area contributed by atoms with Crippen LogP contribution in [-0.2, 0) is 9.47 Å². The molecular weight excluding hydrogens is 220 g/mol. The van der Waals surface area contributed by atoms with E-state index in [9.17, 15) is 0 Å². The van der Waals surface area contributed by atoms with Crippen LogP contribution in [0.25, 0.3) is 0 Å². The molecule has 0 N–H and O–H groups in total. The molecule has 0 saturated carbocycles. The van der Waals surface area contributed by atoms with E-state index in [-0.39, 0.29) is 6.10 Å². The van der Waals surface area contributed by atoms with Gasteiger partial charge in [0, 0.05) is 32.6 Å². The maximum absolute atomic E-state index is 8.98. The molecule has 0 aliphatic carbocycles. The second-order valence-corrected chi connectivity index (χ2v) is 3.73. The summed E-state index contributed by atoms with van der Waals surface area (Å²) in [7, 11) is 1.64. The fraction of sp³-hybridized carbons (Fsp3) is 0.545. The van der Waals surface area contributed by atoms with Crippen molar-refractivity contribution in [3.05, 3.63) is 18.1 Å². The van der Waals surface area contributed by atoms with E-state index >= 15 is 0 Å². The smallest absolute Gasteiger partial charge is 0.183 e. The molecule has 0 bridgehead atoms. The van der Waals surface area contributed by atoms with Crippen LogP contribution in [0.1, 0.15) is 5.69 Å². The van der Waals surface area contributed by atoms with Gasteiger partial charge >= 0.3 is 0 Å². The fourth-order valence-electron chi connectivity index (χ4n) is 1.84. The predicted octanol–water partition coefficient (Wildman–Crippen LogP) is 0.200. The van der Waals surface area contributed by atoms with E-state index in [1.54, 1.807) is 13.3 Å². The van der Waals surface area contributed by atoms with E-state index in [1.807, 2.05) is 4.90 Å². The van der Waals surface area contributed by atoms with Crippen molar-refractivity contribution in [2.75, 3.05) is 38.3 Å². The minimum atomic E-state index is 0.0160. The highest BCUT2D eigenvalue weighted by molar-refractivity contribution is 5.49. The highest BCUT2D eigenvalue weighted by Gasteiger charge is 2.23. The van der Waals surface area contributed by atoms with E-state index in [0.29, 0.717) is 37.8 Å². The molecule has 90 valence electrons. The molecule has 6 heteroatoms. The lowest BCUT2D eigenvalue weighted by molar-refractivity contribution is -0.0102. The fourth-order valence-corrected chi connectivity index (χ4v) is 1.84. The highest BCUT2D eigenvalue weighted by Crippen LogP contribution is 2.17. The van der Waals surface area contributed by atoms with Crippen LogP contribution in [0.5, 0.6) is 0 Å². The lowest BCUT2D eigenvalue weighted by atomic mass is 10.2. The van der Waals surface area contributed by atoms with Crippen molar-refractivity contribution in [3.8, 4) is 6.07 Å². The van der Waals surface area contributed by atoms with Crippen LogP contribution in [0.3, 0.4) is 0 Å². The summed E-state index contributed by atoms with van der Waals surface area (Å²) in [5.74, 6) is 0.624. The minimum Gasteiger partial charge on any atom is -0.382 e. The van der Waals surface area contributed by atoms with Gasteiger partial charge in [-0.3, -0.25) is 0 Å². The van der Waals surface area contributed by atoms with E-state index < -0.39 is 0 Å². The third kappa shape index (κ3) is 2.70. The number of rotatable bonds is 3. The largest absolute Gasteiger partial charge is 0.382 e. The van der Waals surface area contributed by atoms with Gasteiger partial charge in [-0.1, -0.05) is 0 Å². The van der Waals surface area contributed by atoms with Gasteiger partial charge in [-0.25, -0.2) is 9.97 Å². The summed E-state index contributed by atoms with van der Waals surface area (Å²) < 4.78 is 10.6. The normalized spacial score (nSPS) is 20.0. The van der Waals surface area contributed by atoms with Gasteiger partial charge in [-0.05, 0) is 0 Å². The molecule has 17 heavy (non-hydrogen) atoms. The van der Waals surface area contributed by atoms with E-state index in [0.717, 1.165) is 0 Å². The Bertz CT molecular complexity index is 416. The number of anilines is 1. The van der Waals surface area contributed by atoms with Crippen molar-refractivity contribution >= 4 is 5.82 Å². The number of aromatic nitrogens is 2. The maximum atomic E-state index is 8.98. The molecule has 2 heterocycles. The second-order valence-electron chi connectivity index (χ2n) is 3.73. The molecule has 6 nitrogen and oxygen atoms in total. The van der Waals surface area contributed by atoms with Crippen molar-refractivity contribution in [2.45, 2.75) is 6.10 Å². The molecule has 0 spiro atoms. The second kappa shape index (κ2) is 5.57. The van der Waals surface area contributed by atoms with Gasteiger partial charge in [0.15, 0.2) is 11.5 Å². The summed E-state index contributed by atoms with van der Waals surface area (Å²) in [6.45, 7) is 2.53. The summed E-state index contributed by atoms with van der Waals surface area (Å²) >= 11 is 0. The minimum absolute atomic E-state index is 0.0160. The van der Waals surface area contributed by atoms with Crippen molar-refractivity contribution in [1.29, 1.82) is 5.26 Å². The number of nitrogens with zero attached hydrogens (tertiary/aromatic N) is 4. The molecular formula is C11H14N4O2. The number of methoxy groups -OCH3 is 1.